The maximum Gasteiger partial charge on any atom is 0.432 e. The fraction of sp³-hybridized carbons (Fsp3) is 0.622. The molecule has 1 saturated heterocycles. The molecule has 3 saturated carbocycles. The molecule has 1 aliphatic heterocycles. The van der Waals surface area contributed by atoms with E-state index in [1.807, 2.05) is 6.92 Å². The molecule has 14 heteroatoms. The van der Waals surface area contributed by atoms with E-state index in [1.165, 1.54) is 51.5 Å². The van der Waals surface area contributed by atoms with Crippen LogP contribution in [0.15, 0.2) is 53.3 Å². The van der Waals surface area contributed by atoms with E-state index >= 15 is 13.2 Å². The number of furan rings is 1. The molecule has 2 heterocycles. The largest absolute Gasteiger partial charge is 0.472 e. The van der Waals surface area contributed by atoms with Crippen molar-refractivity contribution < 1.29 is 65.9 Å². The van der Waals surface area contributed by atoms with E-state index in [-0.39, 0.29) is 19.3 Å². The second kappa shape index (κ2) is 12.2. The van der Waals surface area contributed by atoms with Crippen LogP contribution < -0.4 is 0 Å². The summed E-state index contributed by atoms with van der Waals surface area (Å²) < 4.78 is 72.1. The average molecular weight is 721 g/mol. The molecule has 3 aliphatic carbocycles. The highest BCUT2D eigenvalue weighted by Gasteiger charge is 2.78. The standard InChI is InChI=1S/C37H43F3O11/c1-32(2)26(25(42)30(44)47-5)34(4)22-12-14-33(3)23(16-24(41)50-28(33)19-13-15-49-18-19)35(22,46)17-21(27(32)43)29(34)51-31(45)36(48-6,37(38,39)40)20-10-8-7-9-11-20/h7-11,13,15,18,21-23,25-26,28-29,42,46H,12,14,16-17H2,1-6H3. The zero-order chi connectivity index (χ0) is 37.5. The molecule has 6 rings (SSSR count). The Morgan fingerprint density at radius 3 is 2.25 bits per heavy atom. The van der Waals surface area contributed by atoms with Crippen molar-refractivity contribution >= 4 is 23.7 Å². The Morgan fingerprint density at radius 1 is 1.02 bits per heavy atom. The summed E-state index contributed by atoms with van der Waals surface area (Å²) in [5.74, 6) is -8.94. The molecule has 2 bridgehead atoms. The SMILES string of the molecule is COC(=O)C(O)C1C(C)(C)C(=O)C2CC3(O)C4CC(=O)OC(c5ccoc5)C4(C)CCC3C1(C)C2OC(=O)C(OC)(c1ccccc1)C(F)(F)F. The molecule has 4 fully saturated rings. The van der Waals surface area contributed by atoms with Gasteiger partial charge in [-0.05, 0) is 31.2 Å². The quantitative estimate of drug-likeness (QED) is 0.298. The number of halogens is 3. The van der Waals surface area contributed by atoms with Gasteiger partial charge >= 0.3 is 24.1 Å². The lowest BCUT2D eigenvalue weighted by atomic mass is 9.35. The van der Waals surface area contributed by atoms with E-state index in [9.17, 15) is 29.4 Å². The fourth-order valence-electron chi connectivity index (χ4n) is 10.8. The highest BCUT2D eigenvalue weighted by Crippen LogP contribution is 2.72. The number of benzene rings is 1. The summed E-state index contributed by atoms with van der Waals surface area (Å²) in [6.07, 6.45) is -7.18. The Balaban J connectivity index is 1.54. The first-order valence-electron chi connectivity index (χ1n) is 16.9. The van der Waals surface area contributed by atoms with Crippen LogP contribution in [0.3, 0.4) is 0 Å². The molecule has 0 spiro atoms. The fourth-order valence-corrected chi connectivity index (χ4v) is 10.8. The van der Waals surface area contributed by atoms with Gasteiger partial charge in [-0.2, -0.15) is 13.2 Å². The number of cyclic esters (lactones) is 1. The molecule has 11 unspecified atom stereocenters. The smallest absolute Gasteiger partial charge is 0.432 e. The Kier molecular flexibility index (Phi) is 8.83. The van der Waals surface area contributed by atoms with Crippen molar-refractivity contribution in [1.82, 2.24) is 0 Å². The van der Waals surface area contributed by atoms with Gasteiger partial charge in [0.1, 0.15) is 18.0 Å². The number of carbonyl (C=O) groups is 4. The zero-order valence-corrected chi connectivity index (χ0v) is 29.2. The van der Waals surface area contributed by atoms with Crippen molar-refractivity contribution in [2.24, 2.45) is 39.9 Å². The summed E-state index contributed by atoms with van der Waals surface area (Å²) in [5.41, 5.74) is -9.66. The first-order chi connectivity index (χ1) is 23.8. The van der Waals surface area contributed by atoms with Crippen LogP contribution in [0, 0.1) is 39.9 Å². The number of fused-ring (bicyclic) bond motifs is 6. The number of carbonyl (C=O) groups excluding carboxylic acids is 4. The van der Waals surface area contributed by atoms with Crippen molar-refractivity contribution in [3.63, 3.8) is 0 Å². The van der Waals surface area contributed by atoms with Crippen LogP contribution in [-0.2, 0) is 43.7 Å². The van der Waals surface area contributed by atoms with Gasteiger partial charge in [-0.1, -0.05) is 58.0 Å². The van der Waals surface area contributed by atoms with E-state index < -0.39 is 105 Å². The number of aliphatic hydroxyl groups excluding tert-OH is 1. The van der Waals surface area contributed by atoms with Crippen molar-refractivity contribution in [2.75, 3.05) is 14.2 Å². The van der Waals surface area contributed by atoms with E-state index in [1.54, 1.807) is 6.07 Å². The summed E-state index contributed by atoms with van der Waals surface area (Å²) in [5, 5.41) is 24.7. The van der Waals surface area contributed by atoms with Crippen LogP contribution in [0.5, 0.6) is 0 Å². The molecule has 2 aromatic rings. The van der Waals surface area contributed by atoms with Crippen LogP contribution in [0.25, 0.3) is 0 Å². The van der Waals surface area contributed by atoms with Crippen LogP contribution in [-0.4, -0.2) is 72.1 Å². The van der Waals surface area contributed by atoms with Crippen LogP contribution in [0.4, 0.5) is 13.2 Å². The second-order valence-electron chi connectivity index (χ2n) is 15.6. The van der Waals surface area contributed by atoms with Gasteiger partial charge in [0.25, 0.3) is 5.60 Å². The Morgan fingerprint density at radius 2 is 1.69 bits per heavy atom. The van der Waals surface area contributed by atoms with Crippen molar-refractivity contribution in [3.05, 3.63) is 60.1 Å². The lowest BCUT2D eigenvalue weighted by Crippen LogP contribution is -2.77. The van der Waals surface area contributed by atoms with Crippen LogP contribution >= 0.6 is 0 Å². The molecule has 0 amide bonds. The summed E-state index contributed by atoms with van der Waals surface area (Å²) in [6, 6.07) is 7.86. The second-order valence-corrected chi connectivity index (χ2v) is 15.6. The number of aliphatic hydroxyl groups is 2. The molecule has 51 heavy (non-hydrogen) atoms. The first kappa shape index (κ1) is 37.0. The highest BCUT2D eigenvalue weighted by molar-refractivity contribution is 5.91. The molecule has 1 aromatic heterocycles. The average Bonchev–Trinajstić information content (AvgIpc) is 3.60. The topological polar surface area (TPSA) is 159 Å². The minimum Gasteiger partial charge on any atom is -0.472 e. The number of hydrogen-bond acceptors (Lipinski definition) is 11. The van der Waals surface area contributed by atoms with Gasteiger partial charge in [0.05, 0.1) is 37.6 Å². The normalized spacial score (nSPS) is 37.5. The van der Waals surface area contributed by atoms with Crippen LogP contribution in [0.1, 0.15) is 70.6 Å². The van der Waals surface area contributed by atoms with E-state index in [0.717, 1.165) is 26.4 Å². The first-order valence-corrected chi connectivity index (χ1v) is 16.9. The number of ketones is 1. The third kappa shape index (κ3) is 5.02. The number of esters is 3. The zero-order valence-electron chi connectivity index (χ0n) is 29.2. The van der Waals surface area contributed by atoms with Crippen molar-refractivity contribution in [2.45, 2.75) is 89.1 Å². The van der Waals surface area contributed by atoms with Gasteiger partial charge in [-0.25, -0.2) is 9.59 Å². The number of ether oxygens (including phenoxy) is 4. The predicted molar refractivity (Wildman–Crippen MR) is 169 cm³/mol. The van der Waals surface area contributed by atoms with Gasteiger partial charge in [0.2, 0.25) is 0 Å². The lowest BCUT2D eigenvalue weighted by Gasteiger charge is -2.70. The number of alkyl halides is 3. The third-order valence-electron chi connectivity index (χ3n) is 12.9. The van der Waals surface area contributed by atoms with E-state index in [2.05, 4.69) is 0 Å². The molecular formula is C37H43F3O11. The van der Waals surface area contributed by atoms with Gasteiger partial charge < -0.3 is 33.6 Å². The molecule has 4 aliphatic rings. The van der Waals surface area contributed by atoms with Crippen molar-refractivity contribution in [1.29, 1.82) is 0 Å². The Bertz CT molecular complexity index is 1690. The minimum absolute atomic E-state index is 0.134. The Labute approximate surface area is 292 Å². The lowest BCUT2D eigenvalue weighted by molar-refractivity contribution is -0.314. The minimum atomic E-state index is -5.34. The number of hydrogen-bond donors (Lipinski definition) is 2. The number of methoxy groups -OCH3 is 2. The van der Waals surface area contributed by atoms with Crippen molar-refractivity contribution in [3.8, 4) is 0 Å². The molecular weight excluding hydrogens is 677 g/mol. The molecule has 0 radical (unpaired) electrons. The number of rotatable bonds is 7. The molecule has 2 N–H and O–H groups in total. The summed E-state index contributed by atoms with van der Waals surface area (Å²) >= 11 is 0. The summed E-state index contributed by atoms with van der Waals surface area (Å²) in [6.45, 7) is 6.42. The summed E-state index contributed by atoms with van der Waals surface area (Å²) in [4.78, 5) is 55.2. The van der Waals surface area contributed by atoms with Gasteiger partial charge in [-0.3, -0.25) is 9.59 Å². The maximum atomic E-state index is 15.1. The monoisotopic (exact) mass is 720 g/mol. The maximum absolute atomic E-state index is 15.1. The molecule has 11 atom stereocenters. The third-order valence-corrected chi connectivity index (χ3v) is 12.9. The summed E-state index contributed by atoms with van der Waals surface area (Å²) in [7, 11) is 1.76. The molecule has 278 valence electrons. The van der Waals surface area contributed by atoms with Gasteiger partial charge in [-0.15, -0.1) is 0 Å². The predicted octanol–water partition coefficient (Wildman–Crippen LogP) is 4.83. The number of Topliss-reactive ketones (excluding diaryl/α,β-unsaturated/α-hetero) is 1. The molecule has 11 nitrogen and oxygen atoms in total. The van der Waals surface area contributed by atoms with Crippen LogP contribution in [0.2, 0.25) is 0 Å². The van der Waals surface area contributed by atoms with Gasteiger partial charge in [0.15, 0.2) is 6.10 Å². The molecule has 1 aromatic carbocycles. The Hall–Kier alpha value is -3.75. The van der Waals surface area contributed by atoms with E-state index in [4.69, 9.17) is 23.4 Å². The highest BCUT2D eigenvalue weighted by atomic mass is 19.4. The van der Waals surface area contributed by atoms with Gasteiger partial charge in [0, 0.05) is 46.3 Å². The van der Waals surface area contributed by atoms with E-state index in [0.29, 0.717) is 12.0 Å².